The Kier molecular flexibility index (Phi) is 6.25. The molecule has 9 nitrogen and oxygen atoms in total. The van der Waals surface area contributed by atoms with Crippen molar-refractivity contribution >= 4 is 22.7 Å². The van der Waals surface area contributed by atoms with Gasteiger partial charge < -0.3 is 4.57 Å². The second-order valence-corrected chi connectivity index (χ2v) is 9.51. The number of aromatic nitrogens is 6. The SMILES string of the molecule is CCCc1nc2ccc(C3=NN(C)C(=O)CC3)cc2n1Cc1ccc(-c2ccccc2-c2nn[nH]n2)cc1. The average Bonchev–Trinajstić information content (AvgIpc) is 3.60. The van der Waals surface area contributed by atoms with Crippen LogP contribution in [-0.4, -0.2) is 53.9 Å². The second-order valence-electron chi connectivity index (χ2n) is 9.51. The normalized spacial score (nSPS) is 13.8. The van der Waals surface area contributed by atoms with Crippen molar-refractivity contribution in [2.75, 3.05) is 7.05 Å². The van der Waals surface area contributed by atoms with Crippen LogP contribution in [0.15, 0.2) is 71.8 Å². The summed E-state index contributed by atoms with van der Waals surface area (Å²) in [5.74, 6) is 1.70. The lowest BCUT2D eigenvalue weighted by Crippen LogP contribution is -2.28. The molecular weight excluding hydrogens is 476 g/mol. The van der Waals surface area contributed by atoms with Crippen molar-refractivity contribution in [2.24, 2.45) is 5.10 Å². The number of aromatic amines is 1. The molecule has 0 bridgehead atoms. The highest BCUT2D eigenvalue weighted by atomic mass is 16.2. The molecule has 2 aromatic heterocycles. The number of H-pyrrole nitrogens is 1. The molecule has 1 N–H and O–H groups in total. The first-order valence-corrected chi connectivity index (χ1v) is 12.9. The predicted octanol–water partition coefficient (Wildman–Crippen LogP) is 4.84. The highest BCUT2D eigenvalue weighted by Gasteiger charge is 2.20. The largest absolute Gasteiger partial charge is 0.323 e. The summed E-state index contributed by atoms with van der Waals surface area (Å²) in [6, 6.07) is 23.0. The fourth-order valence-corrected chi connectivity index (χ4v) is 5.00. The monoisotopic (exact) mass is 504 g/mol. The van der Waals surface area contributed by atoms with Crippen molar-refractivity contribution < 1.29 is 4.79 Å². The molecule has 1 amide bonds. The standard InChI is InChI=1S/C29H28N8O/c1-3-6-27-30-25-14-13-21(24-15-16-28(38)36(2)33-24)17-26(25)37(27)18-19-9-11-20(12-10-19)22-7-4-5-8-23(22)29-31-34-35-32-29/h4-5,7-14,17H,3,6,15-16,18H2,1-2H3,(H,31,32,34,35). The van der Waals surface area contributed by atoms with Crippen LogP contribution in [0.2, 0.25) is 0 Å². The first-order valence-electron chi connectivity index (χ1n) is 12.9. The molecule has 0 radical (unpaired) electrons. The maximum atomic E-state index is 11.9. The highest BCUT2D eigenvalue weighted by Crippen LogP contribution is 2.30. The number of benzene rings is 3. The van der Waals surface area contributed by atoms with E-state index in [0.717, 1.165) is 57.7 Å². The smallest absolute Gasteiger partial charge is 0.242 e. The number of hydrazone groups is 1. The van der Waals surface area contributed by atoms with Gasteiger partial charge in [0.1, 0.15) is 5.82 Å². The van der Waals surface area contributed by atoms with Crippen molar-refractivity contribution in [3.05, 3.63) is 83.7 Å². The Morgan fingerprint density at radius 2 is 1.74 bits per heavy atom. The van der Waals surface area contributed by atoms with E-state index in [1.807, 2.05) is 18.2 Å². The van der Waals surface area contributed by atoms with E-state index in [2.05, 4.69) is 85.7 Å². The van der Waals surface area contributed by atoms with E-state index in [1.165, 1.54) is 10.6 Å². The molecule has 9 heteroatoms. The Morgan fingerprint density at radius 1 is 0.947 bits per heavy atom. The maximum absolute atomic E-state index is 11.9. The number of carbonyl (C=O) groups is 1. The number of hydrogen-bond acceptors (Lipinski definition) is 6. The first-order chi connectivity index (χ1) is 18.6. The van der Waals surface area contributed by atoms with Gasteiger partial charge in [0, 0.05) is 38.4 Å². The molecule has 3 heterocycles. The Hall–Kier alpha value is -4.66. The van der Waals surface area contributed by atoms with E-state index in [4.69, 9.17) is 4.98 Å². The van der Waals surface area contributed by atoms with Gasteiger partial charge in [-0.05, 0) is 46.0 Å². The molecule has 0 aliphatic carbocycles. The van der Waals surface area contributed by atoms with Crippen molar-refractivity contribution in [3.63, 3.8) is 0 Å². The predicted molar refractivity (Wildman–Crippen MR) is 146 cm³/mol. The second kappa shape index (κ2) is 10.0. The molecule has 0 atom stereocenters. The summed E-state index contributed by atoms with van der Waals surface area (Å²) in [6.45, 7) is 2.89. The molecule has 0 spiro atoms. The molecule has 0 saturated heterocycles. The lowest BCUT2D eigenvalue weighted by Gasteiger charge is -2.19. The van der Waals surface area contributed by atoms with Crippen LogP contribution in [0.1, 0.15) is 43.1 Å². The van der Waals surface area contributed by atoms with E-state index in [0.29, 0.717) is 25.2 Å². The number of carbonyl (C=O) groups excluding carboxylic acids is 1. The molecule has 6 rings (SSSR count). The van der Waals surface area contributed by atoms with Crippen molar-refractivity contribution in [2.45, 2.75) is 39.2 Å². The van der Waals surface area contributed by atoms with E-state index < -0.39 is 0 Å². The molecule has 190 valence electrons. The van der Waals surface area contributed by atoms with Gasteiger partial charge in [-0.25, -0.2) is 9.99 Å². The van der Waals surface area contributed by atoms with E-state index in [1.54, 1.807) is 7.05 Å². The van der Waals surface area contributed by atoms with E-state index in [-0.39, 0.29) is 5.91 Å². The van der Waals surface area contributed by atoms with Crippen LogP contribution in [0.3, 0.4) is 0 Å². The minimum absolute atomic E-state index is 0.0495. The van der Waals surface area contributed by atoms with Gasteiger partial charge in [0.05, 0.1) is 16.7 Å². The minimum Gasteiger partial charge on any atom is -0.323 e. The number of imidazole rings is 1. The number of rotatable bonds is 7. The van der Waals surface area contributed by atoms with Gasteiger partial charge in [0.25, 0.3) is 0 Å². The number of hydrogen-bond donors (Lipinski definition) is 1. The van der Waals surface area contributed by atoms with Gasteiger partial charge in [0.2, 0.25) is 11.7 Å². The van der Waals surface area contributed by atoms with E-state index >= 15 is 0 Å². The molecule has 1 aliphatic heterocycles. The summed E-state index contributed by atoms with van der Waals surface area (Å²) < 4.78 is 2.31. The zero-order chi connectivity index (χ0) is 26.1. The van der Waals surface area contributed by atoms with Gasteiger partial charge in [-0.1, -0.05) is 61.5 Å². The third kappa shape index (κ3) is 4.47. The van der Waals surface area contributed by atoms with Crippen LogP contribution in [0.4, 0.5) is 0 Å². The summed E-state index contributed by atoms with van der Waals surface area (Å²) in [7, 11) is 1.72. The summed E-state index contributed by atoms with van der Waals surface area (Å²) in [5.41, 5.74) is 8.30. The summed E-state index contributed by atoms with van der Waals surface area (Å²) in [6.07, 6.45) is 3.05. The van der Waals surface area contributed by atoms with Crippen LogP contribution in [-0.2, 0) is 17.8 Å². The zero-order valence-corrected chi connectivity index (χ0v) is 21.4. The molecule has 3 aromatic carbocycles. The lowest BCUT2D eigenvalue weighted by atomic mass is 9.98. The quantitative estimate of drug-likeness (QED) is 0.341. The molecule has 1 aliphatic rings. The summed E-state index contributed by atoms with van der Waals surface area (Å²) >= 11 is 0. The van der Waals surface area contributed by atoms with Crippen LogP contribution in [0, 0.1) is 0 Å². The molecule has 38 heavy (non-hydrogen) atoms. The fraction of sp³-hybridized carbons (Fsp3) is 0.241. The molecular formula is C29H28N8O. The number of nitrogens with one attached hydrogen (secondary N) is 1. The third-order valence-electron chi connectivity index (χ3n) is 6.96. The minimum atomic E-state index is 0.0495. The van der Waals surface area contributed by atoms with Crippen molar-refractivity contribution in [3.8, 4) is 22.5 Å². The molecule has 5 aromatic rings. The third-order valence-corrected chi connectivity index (χ3v) is 6.96. The Labute approximate surface area is 220 Å². The summed E-state index contributed by atoms with van der Waals surface area (Å²) in [5, 5.41) is 20.5. The first kappa shape index (κ1) is 23.7. The highest BCUT2D eigenvalue weighted by molar-refractivity contribution is 6.05. The van der Waals surface area contributed by atoms with Crippen LogP contribution in [0.25, 0.3) is 33.5 Å². The number of nitrogens with zero attached hydrogens (tertiary/aromatic N) is 7. The van der Waals surface area contributed by atoms with E-state index in [9.17, 15) is 4.79 Å². The number of aryl methyl sites for hydroxylation is 1. The van der Waals surface area contributed by atoms with Gasteiger partial charge in [0.15, 0.2) is 0 Å². The van der Waals surface area contributed by atoms with Gasteiger partial charge in [-0.15, -0.1) is 10.2 Å². The average molecular weight is 505 g/mol. The Balaban J connectivity index is 1.34. The lowest BCUT2D eigenvalue weighted by molar-refractivity contribution is -0.130. The number of amides is 1. The van der Waals surface area contributed by atoms with Crippen LogP contribution in [0.5, 0.6) is 0 Å². The van der Waals surface area contributed by atoms with Crippen molar-refractivity contribution in [1.29, 1.82) is 0 Å². The molecule has 0 fully saturated rings. The number of tetrazole rings is 1. The molecule has 0 unspecified atom stereocenters. The Bertz CT molecular complexity index is 1630. The van der Waals surface area contributed by atoms with Gasteiger partial charge in [-0.3, -0.25) is 4.79 Å². The van der Waals surface area contributed by atoms with Gasteiger partial charge >= 0.3 is 0 Å². The van der Waals surface area contributed by atoms with Crippen LogP contribution >= 0.6 is 0 Å². The maximum Gasteiger partial charge on any atom is 0.242 e. The van der Waals surface area contributed by atoms with Gasteiger partial charge in [-0.2, -0.15) is 10.3 Å². The zero-order valence-electron chi connectivity index (χ0n) is 21.4. The van der Waals surface area contributed by atoms with Crippen molar-refractivity contribution in [1.82, 2.24) is 35.2 Å². The topological polar surface area (TPSA) is 105 Å². The Morgan fingerprint density at radius 3 is 2.47 bits per heavy atom. The van der Waals surface area contributed by atoms with Crippen LogP contribution < -0.4 is 0 Å². The molecule has 0 saturated carbocycles. The summed E-state index contributed by atoms with van der Waals surface area (Å²) in [4.78, 5) is 16.9. The fourth-order valence-electron chi connectivity index (χ4n) is 5.00. The number of fused-ring (bicyclic) bond motifs is 1.